The highest BCUT2D eigenvalue weighted by Crippen LogP contribution is 1.99. The Morgan fingerprint density at radius 3 is 2.60 bits per heavy atom. The second-order valence-electron chi connectivity index (χ2n) is 2.45. The van der Waals surface area contributed by atoms with Crippen molar-refractivity contribution in [1.82, 2.24) is 0 Å². The van der Waals surface area contributed by atoms with Crippen molar-refractivity contribution >= 4 is 11.9 Å². The highest BCUT2D eigenvalue weighted by atomic mass is 14.4. The van der Waals surface area contributed by atoms with Crippen LogP contribution in [0, 0.1) is 10.8 Å². The Morgan fingerprint density at radius 1 is 1.40 bits per heavy atom. The zero-order chi connectivity index (χ0) is 7.82. The van der Waals surface area contributed by atoms with E-state index in [4.69, 9.17) is 10.8 Å². The second kappa shape index (κ2) is 6.46. The van der Waals surface area contributed by atoms with E-state index in [0.29, 0.717) is 0 Å². The fourth-order valence-electron chi connectivity index (χ4n) is 0.844. The summed E-state index contributed by atoms with van der Waals surface area (Å²) in [6.07, 6.45) is 6.10. The molecular formula is C8H16N2. The molecule has 0 unspecified atom stereocenters. The SMILES string of the molecule is CCCC(=N)CCCC=N. The molecule has 58 valence electrons. The first-order valence-corrected chi connectivity index (χ1v) is 3.86. The van der Waals surface area contributed by atoms with Gasteiger partial charge in [-0.25, -0.2) is 0 Å². The molecule has 2 N–H and O–H groups in total. The summed E-state index contributed by atoms with van der Waals surface area (Å²) in [6.45, 7) is 2.09. The van der Waals surface area contributed by atoms with Gasteiger partial charge >= 0.3 is 0 Å². The molecule has 0 aliphatic rings. The monoisotopic (exact) mass is 140 g/mol. The Hall–Kier alpha value is -0.660. The Morgan fingerprint density at radius 2 is 2.10 bits per heavy atom. The lowest BCUT2D eigenvalue weighted by Crippen LogP contribution is -1.94. The van der Waals surface area contributed by atoms with Gasteiger partial charge in [-0.3, -0.25) is 0 Å². The number of hydrogen-bond donors (Lipinski definition) is 2. The van der Waals surface area contributed by atoms with Crippen LogP contribution in [0.1, 0.15) is 39.0 Å². The molecule has 10 heavy (non-hydrogen) atoms. The van der Waals surface area contributed by atoms with Gasteiger partial charge in [-0.15, -0.1) is 0 Å². The normalized spacial score (nSPS) is 9.30. The lowest BCUT2D eigenvalue weighted by Gasteiger charge is -1.98. The smallest absolute Gasteiger partial charge is 0.00891 e. The van der Waals surface area contributed by atoms with Crippen LogP contribution in [0.25, 0.3) is 0 Å². The van der Waals surface area contributed by atoms with Gasteiger partial charge in [-0.05, 0) is 31.9 Å². The molecule has 0 rings (SSSR count). The van der Waals surface area contributed by atoms with E-state index in [1.54, 1.807) is 0 Å². The average molecular weight is 140 g/mol. The van der Waals surface area contributed by atoms with Gasteiger partial charge in [0.15, 0.2) is 0 Å². The van der Waals surface area contributed by atoms with Crippen molar-refractivity contribution in [2.75, 3.05) is 0 Å². The first kappa shape index (κ1) is 9.34. The van der Waals surface area contributed by atoms with Crippen molar-refractivity contribution in [2.24, 2.45) is 0 Å². The molecular weight excluding hydrogens is 124 g/mol. The van der Waals surface area contributed by atoms with E-state index in [1.807, 2.05) is 0 Å². The highest BCUT2D eigenvalue weighted by molar-refractivity contribution is 5.81. The van der Waals surface area contributed by atoms with Crippen LogP contribution in [0.3, 0.4) is 0 Å². The first-order valence-electron chi connectivity index (χ1n) is 3.86. The van der Waals surface area contributed by atoms with E-state index in [2.05, 4.69) is 6.92 Å². The van der Waals surface area contributed by atoms with Crippen molar-refractivity contribution < 1.29 is 0 Å². The molecule has 0 amide bonds. The van der Waals surface area contributed by atoms with Gasteiger partial charge in [-0.2, -0.15) is 0 Å². The molecule has 0 fully saturated rings. The Labute approximate surface area is 62.7 Å². The summed E-state index contributed by atoms with van der Waals surface area (Å²) in [5.41, 5.74) is 0.837. The van der Waals surface area contributed by atoms with Gasteiger partial charge in [0.25, 0.3) is 0 Å². The molecule has 0 atom stereocenters. The van der Waals surface area contributed by atoms with Gasteiger partial charge in [0.05, 0.1) is 0 Å². The van der Waals surface area contributed by atoms with Crippen LogP contribution in [-0.2, 0) is 0 Å². The molecule has 0 spiro atoms. The van der Waals surface area contributed by atoms with Gasteiger partial charge < -0.3 is 10.8 Å². The van der Waals surface area contributed by atoms with Crippen molar-refractivity contribution in [3.05, 3.63) is 0 Å². The maximum absolute atomic E-state index is 7.39. The molecule has 0 aromatic rings. The van der Waals surface area contributed by atoms with Crippen LogP contribution in [0.4, 0.5) is 0 Å². The van der Waals surface area contributed by atoms with E-state index >= 15 is 0 Å². The molecule has 0 saturated heterocycles. The average Bonchev–Trinajstić information content (AvgIpc) is 1.89. The molecule has 0 aromatic heterocycles. The lowest BCUT2D eigenvalue weighted by atomic mass is 10.1. The fourth-order valence-corrected chi connectivity index (χ4v) is 0.844. The van der Waals surface area contributed by atoms with E-state index in [1.165, 1.54) is 6.21 Å². The van der Waals surface area contributed by atoms with Crippen molar-refractivity contribution in [2.45, 2.75) is 39.0 Å². The minimum Gasteiger partial charge on any atom is -0.313 e. The minimum absolute atomic E-state index is 0.825. The Kier molecular flexibility index (Phi) is 6.03. The summed E-state index contributed by atoms with van der Waals surface area (Å²) < 4.78 is 0. The third-order valence-corrected chi connectivity index (χ3v) is 1.38. The van der Waals surface area contributed by atoms with Gasteiger partial charge in [-0.1, -0.05) is 13.3 Å². The predicted molar refractivity (Wildman–Crippen MR) is 45.3 cm³/mol. The minimum atomic E-state index is 0.825. The molecule has 0 radical (unpaired) electrons. The summed E-state index contributed by atoms with van der Waals surface area (Å²) in [4.78, 5) is 0. The van der Waals surface area contributed by atoms with Gasteiger partial charge in [0, 0.05) is 5.71 Å². The van der Waals surface area contributed by atoms with E-state index in [-0.39, 0.29) is 0 Å². The predicted octanol–water partition coefficient (Wildman–Crippen LogP) is 2.63. The van der Waals surface area contributed by atoms with Crippen molar-refractivity contribution in [3.63, 3.8) is 0 Å². The molecule has 0 saturated carbocycles. The number of nitrogens with one attached hydrogen (secondary N) is 2. The summed E-state index contributed by atoms with van der Waals surface area (Å²) >= 11 is 0. The first-order chi connectivity index (χ1) is 4.81. The van der Waals surface area contributed by atoms with Crippen LogP contribution in [0.15, 0.2) is 0 Å². The third-order valence-electron chi connectivity index (χ3n) is 1.38. The topological polar surface area (TPSA) is 47.7 Å². The maximum Gasteiger partial charge on any atom is 0.00891 e. The van der Waals surface area contributed by atoms with Crippen LogP contribution in [0.5, 0.6) is 0 Å². The zero-order valence-electron chi connectivity index (χ0n) is 6.61. The number of rotatable bonds is 6. The fraction of sp³-hybridized carbons (Fsp3) is 0.750. The van der Waals surface area contributed by atoms with Crippen molar-refractivity contribution in [3.8, 4) is 0 Å². The van der Waals surface area contributed by atoms with E-state index in [9.17, 15) is 0 Å². The third kappa shape index (κ3) is 5.48. The van der Waals surface area contributed by atoms with Crippen LogP contribution < -0.4 is 0 Å². The molecule has 0 heterocycles. The van der Waals surface area contributed by atoms with E-state index < -0.39 is 0 Å². The van der Waals surface area contributed by atoms with Crippen molar-refractivity contribution in [1.29, 1.82) is 10.8 Å². The molecule has 0 aliphatic heterocycles. The largest absolute Gasteiger partial charge is 0.313 e. The molecule has 0 aliphatic carbocycles. The lowest BCUT2D eigenvalue weighted by molar-refractivity contribution is 0.876. The summed E-state index contributed by atoms with van der Waals surface area (Å²) in [6, 6.07) is 0. The second-order valence-corrected chi connectivity index (χ2v) is 2.45. The van der Waals surface area contributed by atoms with Crippen LogP contribution in [-0.4, -0.2) is 11.9 Å². The molecule has 0 aromatic carbocycles. The zero-order valence-corrected chi connectivity index (χ0v) is 6.61. The molecule has 2 heteroatoms. The Bertz CT molecular complexity index is 108. The summed E-state index contributed by atoms with van der Waals surface area (Å²) in [5.74, 6) is 0. The summed E-state index contributed by atoms with van der Waals surface area (Å²) in [5, 5.41) is 14.1. The highest BCUT2D eigenvalue weighted by Gasteiger charge is 1.93. The van der Waals surface area contributed by atoms with Crippen LogP contribution >= 0.6 is 0 Å². The van der Waals surface area contributed by atoms with E-state index in [0.717, 1.165) is 37.8 Å². The quantitative estimate of drug-likeness (QED) is 0.421. The number of hydrogen-bond acceptors (Lipinski definition) is 2. The van der Waals surface area contributed by atoms with Gasteiger partial charge in [0.1, 0.15) is 0 Å². The number of unbranched alkanes of at least 4 members (excludes halogenated alkanes) is 1. The molecule has 2 nitrogen and oxygen atoms in total. The summed E-state index contributed by atoms with van der Waals surface area (Å²) in [7, 11) is 0. The maximum atomic E-state index is 7.39. The van der Waals surface area contributed by atoms with Gasteiger partial charge in [0.2, 0.25) is 0 Å². The van der Waals surface area contributed by atoms with Crippen LogP contribution in [0.2, 0.25) is 0 Å². The Balaban J connectivity index is 3.13. The molecule has 0 bridgehead atoms. The standard InChI is InChI=1S/C8H16N2/c1-2-5-8(10)6-3-4-7-9/h7,9-10H,2-6H2,1H3.